The zero-order chi connectivity index (χ0) is 16.7. The molecule has 3 aromatic rings. The van der Waals surface area contributed by atoms with Crippen LogP contribution in [-0.2, 0) is 4.74 Å². The summed E-state index contributed by atoms with van der Waals surface area (Å²) in [5.74, 6) is 0.425. The molecule has 122 valence electrons. The minimum atomic E-state index is -0.460. The van der Waals surface area contributed by atoms with Gasteiger partial charge in [-0.15, -0.1) is 0 Å². The van der Waals surface area contributed by atoms with Crippen LogP contribution < -0.4 is 10.5 Å². The first-order valence-electron chi connectivity index (χ1n) is 7.65. The summed E-state index contributed by atoms with van der Waals surface area (Å²) in [5, 5.41) is 0.658. The summed E-state index contributed by atoms with van der Waals surface area (Å²) in [6.45, 7) is 0. The van der Waals surface area contributed by atoms with Crippen LogP contribution in [0.15, 0.2) is 30.6 Å². The smallest absolute Gasteiger partial charge is 0.340 e. The van der Waals surface area contributed by atoms with E-state index < -0.39 is 5.97 Å². The summed E-state index contributed by atoms with van der Waals surface area (Å²) in [7, 11) is 1.33. The molecule has 4 rings (SSSR count). The van der Waals surface area contributed by atoms with Gasteiger partial charge in [0.05, 0.1) is 29.4 Å². The lowest BCUT2D eigenvalue weighted by Crippen LogP contribution is -2.03. The summed E-state index contributed by atoms with van der Waals surface area (Å²) in [4.78, 5) is 23.6. The molecule has 1 aliphatic rings. The zero-order valence-corrected chi connectivity index (χ0v) is 13.1. The molecule has 1 saturated carbocycles. The molecule has 7 nitrogen and oxygen atoms in total. The highest BCUT2D eigenvalue weighted by atomic mass is 16.5. The Bertz CT molecular complexity index is 931. The van der Waals surface area contributed by atoms with Crippen molar-refractivity contribution < 1.29 is 14.3 Å². The summed E-state index contributed by atoms with van der Waals surface area (Å²) >= 11 is 0. The van der Waals surface area contributed by atoms with Crippen molar-refractivity contribution in [2.24, 2.45) is 0 Å². The number of methoxy groups -OCH3 is 1. The summed E-state index contributed by atoms with van der Waals surface area (Å²) in [6.07, 6.45) is 5.45. The van der Waals surface area contributed by atoms with Gasteiger partial charge >= 0.3 is 5.97 Å². The number of nitrogen functional groups attached to an aromatic ring is 1. The molecule has 24 heavy (non-hydrogen) atoms. The van der Waals surface area contributed by atoms with Crippen molar-refractivity contribution in [2.75, 3.05) is 12.8 Å². The molecule has 1 aliphatic carbocycles. The van der Waals surface area contributed by atoms with Crippen LogP contribution in [0.5, 0.6) is 5.88 Å². The molecule has 0 atom stereocenters. The monoisotopic (exact) mass is 324 g/mol. The Balaban J connectivity index is 1.86. The molecule has 0 bridgehead atoms. The number of ether oxygens (including phenoxy) is 2. The maximum absolute atomic E-state index is 12.0. The zero-order valence-electron chi connectivity index (χ0n) is 13.1. The Morgan fingerprint density at radius 2 is 2.21 bits per heavy atom. The van der Waals surface area contributed by atoms with E-state index in [0.717, 1.165) is 24.1 Å². The quantitative estimate of drug-likeness (QED) is 0.715. The Hall–Kier alpha value is -3.09. The summed E-state index contributed by atoms with van der Waals surface area (Å²) in [5.41, 5.74) is 8.47. The Labute approximate surface area is 137 Å². The van der Waals surface area contributed by atoms with Gasteiger partial charge in [-0.25, -0.2) is 14.8 Å². The number of H-pyrrole nitrogens is 1. The first-order chi connectivity index (χ1) is 11.7. The molecule has 0 saturated heterocycles. The molecule has 7 heteroatoms. The fourth-order valence-electron chi connectivity index (χ4n) is 2.59. The molecular formula is C17H16N4O3. The number of fused-ring (bicyclic) bond motifs is 1. The van der Waals surface area contributed by atoms with Crippen molar-refractivity contribution in [3.63, 3.8) is 0 Å². The van der Waals surface area contributed by atoms with Crippen LogP contribution in [0.1, 0.15) is 23.2 Å². The maximum Gasteiger partial charge on any atom is 0.340 e. The van der Waals surface area contributed by atoms with E-state index in [4.69, 9.17) is 15.2 Å². The lowest BCUT2D eigenvalue weighted by molar-refractivity contribution is 0.0602. The average molecular weight is 324 g/mol. The highest BCUT2D eigenvalue weighted by molar-refractivity contribution is 6.07. The second-order valence-electron chi connectivity index (χ2n) is 5.69. The van der Waals surface area contributed by atoms with Crippen molar-refractivity contribution in [3.05, 3.63) is 36.2 Å². The van der Waals surface area contributed by atoms with Crippen LogP contribution in [0.25, 0.3) is 22.2 Å². The number of aromatic amines is 1. The molecular weight excluding hydrogens is 308 g/mol. The third-order valence-electron chi connectivity index (χ3n) is 3.97. The van der Waals surface area contributed by atoms with Crippen LogP contribution in [0.4, 0.5) is 5.82 Å². The first kappa shape index (κ1) is 14.5. The van der Waals surface area contributed by atoms with Crippen molar-refractivity contribution >= 4 is 22.7 Å². The largest absolute Gasteiger partial charge is 0.474 e. The molecule has 0 aliphatic heterocycles. The number of pyridine rings is 2. The van der Waals surface area contributed by atoms with Crippen molar-refractivity contribution in [1.29, 1.82) is 0 Å². The van der Waals surface area contributed by atoms with Gasteiger partial charge < -0.3 is 20.2 Å². The van der Waals surface area contributed by atoms with Gasteiger partial charge in [0.25, 0.3) is 0 Å². The van der Waals surface area contributed by atoms with Crippen LogP contribution in [0.2, 0.25) is 0 Å². The van der Waals surface area contributed by atoms with Crippen LogP contribution >= 0.6 is 0 Å². The fourth-order valence-corrected chi connectivity index (χ4v) is 2.59. The van der Waals surface area contributed by atoms with Crippen molar-refractivity contribution in [3.8, 4) is 17.1 Å². The number of rotatable bonds is 4. The van der Waals surface area contributed by atoms with E-state index in [9.17, 15) is 4.79 Å². The van der Waals surface area contributed by atoms with Gasteiger partial charge in [0, 0.05) is 17.8 Å². The second kappa shape index (κ2) is 5.52. The highest BCUT2D eigenvalue weighted by Gasteiger charge is 2.26. The van der Waals surface area contributed by atoms with Gasteiger partial charge in [0.2, 0.25) is 5.88 Å². The molecule has 3 N–H and O–H groups in total. The minimum Gasteiger partial charge on any atom is -0.474 e. The van der Waals surface area contributed by atoms with Gasteiger partial charge in [-0.05, 0) is 31.0 Å². The predicted molar refractivity (Wildman–Crippen MR) is 88.7 cm³/mol. The van der Waals surface area contributed by atoms with Gasteiger partial charge in [-0.3, -0.25) is 0 Å². The molecule has 3 heterocycles. The van der Waals surface area contributed by atoms with Gasteiger partial charge in [-0.1, -0.05) is 0 Å². The number of nitrogens with zero attached hydrogens (tertiary/aromatic N) is 2. The Morgan fingerprint density at radius 1 is 1.38 bits per heavy atom. The molecule has 0 aromatic carbocycles. The third-order valence-corrected chi connectivity index (χ3v) is 3.97. The molecule has 1 fully saturated rings. The van der Waals surface area contributed by atoms with E-state index in [1.807, 2.05) is 18.2 Å². The number of carbonyl (C=O) groups excluding carboxylic acids is 1. The Kier molecular flexibility index (Phi) is 3.34. The predicted octanol–water partition coefficient (Wildman–Crippen LogP) is 2.53. The van der Waals surface area contributed by atoms with E-state index in [1.54, 1.807) is 6.20 Å². The van der Waals surface area contributed by atoms with Crippen LogP contribution in [0.3, 0.4) is 0 Å². The van der Waals surface area contributed by atoms with Gasteiger partial charge in [0.1, 0.15) is 11.9 Å². The molecule has 3 aromatic heterocycles. The lowest BCUT2D eigenvalue weighted by Gasteiger charge is -2.07. The summed E-state index contributed by atoms with van der Waals surface area (Å²) in [6, 6.07) is 5.59. The second-order valence-corrected chi connectivity index (χ2v) is 5.69. The third kappa shape index (κ3) is 2.44. The van der Waals surface area contributed by atoms with Gasteiger partial charge in [0.15, 0.2) is 0 Å². The molecule has 0 amide bonds. The number of nitrogens with two attached hydrogens (primary N) is 1. The number of hydrogen-bond donors (Lipinski definition) is 2. The average Bonchev–Trinajstić information content (AvgIpc) is 3.30. The number of hydrogen-bond acceptors (Lipinski definition) is 6. The van der Waals surface area contributed by atoms with E-state index in [2.05, 4.69) is 15.0 Å². The summed E-state index contributed by atoms with van der Waals surface area (Å²) < 4.78 is 10.7. The number of anilines is 1. The molecule has 0 unspecified atom stereocenters. The van der Waals surface area contributed by atoms with Gasteiger partial charge in [-0.2, -0.15) is 0 Å². The van der Waals surface area contributed by atoms with E-state index in [-0.39, 0.29) is 6.10 Å². The minimum absolute atomic E-state index is 0.236. The lowest BCUT2D eigenvalue weighted by atomic mass is 10.1. The maximum atomic E-state index is 12.0. The molecule has 0 spiro atoms. The normalized spacial score (nSPS) is 13.9. The van der Waals surface area contributed by atoms with Crippen molar-refractivity contribution in [1.82, 2.24) is 15.0 Å². The SMILES string of the molecule is COC(=O)c1cnc(N)c2[nH]c(-c3cccnc3OC3CC3)cc12. The van der Waals surface area contributed by atoms with Crippen molar-refractivity contribution in [2.45, 2.75) is 18.9 Å². The van der Waals surface area contributed by atoms with E-state index in [1.165, 1.54) is 13.3 Å². The van der Waals surface area contributed by atoms with Crippen LogP contribution in [-0.4, -0.2) is 34.1 Å². The number of carbonyl (C=O) groups is 1. The fraction of sp³-hybridized carbons (Fsp3) is 0.235. The Morgan fingerprint density at radius 3 is 2.96 bits per heavy atom. The highest BCUT2D eigenvalue weighted by Crippen LogP contribution is 2.35. The number of nitrogens with one attached hydrogen (secondary N) is 1. The first-order valence-corrected chi connectivity index (χ1v) is 7.65. The van der Waals surface area contributed by atoms with E-state index in [0.29, 0.717) is 28.2 Å². The molecule has 0 radical (unpaired) electrons. The number of aromatic nitrogens is 3. The number of esters is 1. The van der Waals surface area contributed by atoms with Crippen LogP contribution in [0, 0.1) is 0 Å². The topological polar surface area (TPSA) is 103 Å². The standard InChI is InChI=1S/C17H16N4O3/c1-23-17(22)12-8-20-15(18)14-11(12)7-13(21-14)10-3-2-6-19-16(10)24-9-4-5-9/h2-3,6-9,21H,4-5H2,1H3,(H2,18,20). The van der Waals surface area contributed by atoms with E-state index >= 15 is 0 Å².